The average Bonchev–Trinajstić information content (AvgIpc) is 2.58. The van der Waals surface area contributed by atoms with Gasteiger partial charge in [0.15, 0.2) is 5.96 Å². The molecule has 25 heavy (non-hydrogen) atoms. The molecule has 0 amide bonds. The van der Waals surface area contributed by atoms with Crippen LogP contribution in [0.4, 0.5) is 8.78 Å². The number of halogens is 3. The van der Waals surface area contributed by atoms with E-state index in [1.54, 1.807) is 0 Å². The molecule has 0 fully saturated rings. The van der Waals surface area contributed by atoms with Crippen LogP contribution in [0, 0.1) is 11.6 Å². The molecule has 0 saturated heterocycles. The molecule has 0 aliphatic rings. The lowest BCUT2D eigenvalue weighted by atomic mass is 10.2. The molecule has 1 rings (SSSR count). The summed E-state index contributed by atoms with van der Waals surface area (Å²) in [4.78, 5) is 6.72. The summed E-state index contributed by atoms with van der Waals surface area (Å²) >= 11 is 0. The Labute approximate surface area is 167 Å². The quantitative estimate of drug-likeness (QED) is 0.238. The van der Waals surface area contributed by atoms with Gasteiger partial charge in [-0.15, -0.1) is 24.0 Å². The van der Waals surface area contributed by atoms with Gasteiger partial charge in [0.05, 0.1) is 6.54 Å². The maximum atomic E-state index is 13.6. The molecule has 0 atom stereocenters. The Morgan fingerprint density at radius 2 is 1.80 bits per heavy atom. The molecule has 0 heterocycles. The molecular formula is C18H31F2IN4. The van der Waals surface area contributed by atoms with Crippen LogP contribution in [-0.2, 0) is 6.54 Å². The second-order valence-corrected chi connectivity index (χ2v) is 5.59. The van der Waals surface area contributed by atoms with Crippen LogP contribution in [0.1, 0.15) is 39.2 Å². The normalized spacial score (nSPS) is 11.4. The van der Waals surface area contributed by atoms with Gasteiger partial charge in [0.25, 0.3) is 0 Å². The van der Waals surface area contributed by atoms with Crippen LogP contribution in [0.15, 0.2) is 23.2 Å². The number of aliphatic imine (C=N–C) groups is 1. The van der Waals surface area contributed by atoms with Crippen molar-refractivity contribution in [1.82, 2.24) is 15.5 Å². The van der Waals surface area contributed by atoms with Crippen LogP contribution < -0.4 is 10.6 Å². The Hall–Kier alpha value is -0.960. The molecule has 0 aliphatic carbocycles. The van der Waals surface area contributed by atoms with Crippen molar-refractivity contribution >= 4 is 29.9 Å². The minimum atomic E-state index is -0.448. The fraction of sp³-hybridized carbons (Fsp3) is 0.611. The first kappa shape index (κ1) is 24.0. The summed E-state index contributed by atoms with van der Waals surface area (Å²) in [5.41, 5.74) is 0.258. The number of rotatable bonds is 10. The highest BCUT2D eigenvalue weighted by Gasteiger charge is 2.04. The van der Waals surface area contributed by atoms with Gasteiger partial charge in [0.2, 0.25) is 0 Å². The minimum absolute atomic E-state index is 0. The molecule has 0 aromatic heterocycles. The third-order valence-electron chi connectivity index (χ3n) is 3.85. The van der Waals surface area contributed by atoms with E-state index in [-0.39, 0.29) is 36.1 Å². The van der Waals surface area contributed by atoms with Gasteiger partial charge in [-0.1, -0.05) is 13.8 Å². The molecule has 0 saturated carbocycles. The number of hydrogen-bond acceptors (Lipinski definition) is 2. The van der Waals surface area contributed by atoms with E-state index >= 15 is 0 Å². The van der Waals surface area contributed by atoms with Gasteiger partial charge in [0, 0.05) is 18.7 Å². The summed E-state index contributed by atoms with van der Waals surface area (Å²) in [6, 6.07) is 3.43. The zero-order chi connectivity index (χ0) is 17.8. The first-order valence-corrected chi connectivity index (χ1v) is 8.79. The van der Waals surface area contributed by atoms with E-state index in [1.165, 1.54) is 6.07 Å². The van der Waals surface area contributed by atoms with Crippen LogP contribution in [0.5, 0.6) is 0 Å². The summed E-state index contributed by atoms with van der Waals surface area (Å²) < 4.78 is 26.8. The Bertz CT molecular complexity index is 508. The molecule has 0 unspecified atom stereocenters. The van der Waals surface area contributed by atoms with Gasteiger partial charge in [-0.05, 0) is 57.6 Å². The lowest BCUT2D eigenvalue weighted by Crippen LogP contribution is -2.38. The zero-order valence-corrected chi connectivity index (χ0v) is 17.8. The predicted octanol–water partition coefficient (Wildman–Crippen LogP) is 3.76. The SMILES string of the molecule is CCNC(=NCc1cc(F)ccc1F)NCCCCN(CC)CC.I. The Balaban J connectivity index is 0.00000576. The standard InChI is InChI=1S/C18H30F2N4.HI/c1-4-21-18(22-11-7-8-12-24(5-2)6-3)23-14-15-13-16(19)9-10-17(15)20;/h9-10,13H,4-8,11-12,14H2,1-3H3,(H2,21,22,23);1H. The van der Waals surface area contributed by atoms with Gasteiger partial charge in [0.1, 0.15) is 11.6 Å². The summed E-state index contributed by atoms with van der Waals surface area (Å²) in [7, 11) is 0. The first-order valence-electron chi connectivity index (χ1n) is 8.79. The highest BCUT2D eigenvalue weighted by molar-refractivity contribution is 14.0. The predicted molar refractivity (Wildman–Crippen MR) is 112 cm³/mol. The third-order valence-corrected chi connectivity index (χ3v) is 3.85. The summed E-state index contributed by atoms with van der Waals surface area (Å²) in [5.74, 6) is -0.254. The number of nitrogens with zero attached hydrogens (tertiary/aromatic N) is 2. The largest absolute Gasteiger partial charge is 0.357 e. The third kappa shape index (κ3) is 9.94. The summed E-state index contributed by atoms with van der Waals surface area (Å²) in [6.45, 7) is 11.2. The average molecular weight is 468 g/mol. The second-order valence-electron chi connectivity index (χ2n) is 5.59. The summed E-state index contributed by atoms with van der Waals surface area (Å²) in [6.07, 6.45) is 2.15. The highest BCUT2D eigenvalue weighted by Crippen LogP contribution is 2.10. The molecule has 0 aliphatic heterocycles. The first-order chi connectivity index (χ1) is 11.6. The van der Waals surface area contributed by atoms with E-state index in [9.17, 15) is 8.78 Å². The maximum Gasteiger partial charge on any atom is 0.191 e. The van der Waals surface area contributed by atoms with Crippen molar-refractivity contribution in [3.8, 4) is 0 Å². The Morgan fingerprint density at radius 1 is 1.08 bits per heavy atom. The second kappa shape index (κ2) is 14.2. The smallest absolute Gasteiger partial charge is 0.191 e. The Morgan fingerprint density at radius 3 is 2.44 bits per heavy atom. The lowest BCUT2D eigenvalue weighted by molar-refractivity contribution is 0.297. The summed E-state index contributed by atoms with van der Waals surface area (Å²) in [5, 5.41) is 6.36. The monoisotopic (exact) mass is 468 g/mol. The number of benzene rings is 1. The molecule has 1 aromatic rings. The highest BCUT2D eigenvalue weighted by atomic mass is 127. The molecule has 4 nitrogen and oxygen atoms in total. The number of hydrogen-bond donors (Lipinski definition) is 2. The molecule has 144 valence electrons. The fourth-order valence-corrected chi connectivity index (χ4v) is 2.38. The van der Waals surface area contributed by atoms with Gasteiger partial charge in [-0.3, -0.25) is 0 Å². The van der Waals surface area contributed by atoms with E-state index in [1.807, 2.05) is 6.92 Å². The maximum absolute atomic E-state index is 13.6. The van der Waals surface area contributed by atoms with Crippen molar-refractivity contribution < 1.29 is 8.78 Å². The van der Waals surface area contributed by atoms with E-state index in [4.69, 9.17) is 0 Å². The van der Waals surface area contributed by atoms with E-state index in [0.29, 0.717) is 5.96 Å². The Kier molecular flexibility index (Phi) is 13.7. The van der Waals surface area contributed by atoms with Crippen LogP contribution >= 0.6 is 24.0 Å². The molecule has 2 N–H and O–H groups in total. The molecule has 0 radical (unpaired) electrons. The molecule has 0 spiro atoms. The molecule has 1 aromatic carbocycles. The minimum Gasteiger partial charge on any atom is -0.357 e. The van der Waals surface area contributed by atoms with E-state index < -0.39 is 11.6 Å². The van der Waals surface area contributed by atoms with Gasteiger partial charge in [-0.25, -0.2) is 13.8 Å². The van der Waals surface area contributed by atoms with Crippen molar-refractivity contribution in [1.29, 1.82) is 0 Å². The molecule has 0 bridgehead atoms. The van der Waals surface area contributed by atoms with Crippen molar-refractivity contribution in [3.63, 3.8) is 0 Å². The molecular weight excluding hydrogens is 437 g/mol. The number of nitrogens with one attached hydrogen (secondary N) is 2. The van der Waals surface area contributed by atoms with Gasteiger partial charge in [-0.2, -0.15) is 0 Å². The van der Waals surface area contributed by atoms with Crippen LogP contribution in [0.3, 0.4) is 0 Å². The number of guanidine groups is 1. The van der Waals surface area contributed by atoms with Gasteiger partial charge >= 0.3 is 0 Å². The zero-order valence-electron chi connectivity index (χ0n) is 15.4. The van der Waals surface area contributed by atoms with E-state index in [0.717, 1.165) is 57.7 Å². The van der Waals surface area contributed by atoms with Crippen molar-refractivity contribution in [2.24, 2.45) is 4.99 Å². The van der Waals surface area contributed by atoms with Crippen molar-refractivity contribution in [2.75, 3.05) is 32.7 Å². The van der Waals surface area contributed by atoms with Crippen LogP contribution in [0.2, 0.25) is 0 Å². The van der Waals surface area contributed by atoms with Crippen molar-refractivity contribution in [3.05, 3.63) is 35.4 Å². The topological polar surface area (TPSA) is 39.7 Å². The van der Waals surface area contributed by atoms with Gasteiger partial charge < -0.3 is 15.5 Å². The van der Waals surface area contributed by atoms with Crippen LogP contribution in [0.25, 0.3) is 0 Å². The lowest BCUT2D eigenvalue weighted by Gasteiger charge is -2.18. The molecule has 7 heteroatoms. The van der Waals surface area contributed by atoms with Crippen molar-refractivity contribution in [2.45, 2.75) is 40.2 Å². The number of unbranched alkanes of at least 4 members (excludes halogenated alkanes) is 1. The van der Waals surface area contributed by atoms with Crippen LogP contribution in [-0.4, -0.2) is 43.6 Å². The van der Waals surface area contributed by atoms with E-state index in [2.05, 4.69) is 34.4 Å². The fourth-order valence-electron chi connectivity index (χ4n) is 2.38.